The lowest BCUT2D eigenvalue weighted by Crippen LogP contribution is -2.12. The van der Waals surface area contributed by atoms with E-state index in [9.17, 15) is 13.2 Å². The zero-order valence-corrected chi connectivity index (χ0v) is 14.3. The molecule has 132 valence electrons. The number of hydrogen-bond donors (Lipinski definition) is 1. The number of halogens is 3. The Morgan fingerprint density at radius 3 is 2.64 bits per heavy atom. The van der Waals surface area contributed by atoms with Crippen LogP contribution in [-0.4, -0.2) is 19.0 Å². The number of hydrogen-bond acceptors (Lipinski definition) is 2. The first-order chi connectivity index (χ1) is 11.8. The topological polar surface area (TPSA) is 15.3 Å². The predicted octanol–water partition coefficient (Wildman–Crippen LogP) is 5.47. The van der Waals surface area contributed by atoms with Crippen LogP contribution >= 0.6 is 0 Å². The van der Waals surface area contributed by atoms with Crippen LogP contribution in [0.2, 0.25) is 0 Å². The van der Waals surface area contributed by atoms with Crippen molar-refractivity contribution in [1.29, 1.82) is 0 Å². The van der Waals surface area contributed by atoms with Crippen molar-refractivity contribution in [3.05, 3.63) is 64.7 Å². The van der Waals surface area contributed by atoms with Crippen molar-refractivity contribution < 1.29 is 13.2 Å². The van der Waals surface area contributed by atoms with Gasteiger partial charge in [0.05, 0.1) is 5.56 Å². The van der Waals surface area contributed by atoms with Crippen LogP contribution in [0.3, 0.4) is 0 Å². The molecule has 0 spiro atoms. The molecule has 0 heterocycles. The number of benzene rings is 2. The minimum atomic E-state index is -4.34. The lowest BCUT2D eigenvalue weighted by atomic mass is 9.93. The van der Waals surface area contributed by atoms with E-state index in [0.717, 1.165) is 53.9 Å². The van der Waals surface area contributed by atoms with Crippen molar-refractivity contribution in [1.82, 2.24) is 4.90 Å². The molecule has 0 bridgehead atoms. The van der Waals surface area contributed by atoms with Crippen molar-refractivity contribution in [2.75, 3.05) is 19.4 Å². The monoisotopic (exact) mass is 346 g/mol. The molecule has 2 aromatic rings. The van der Waals surface area contributed by atoms with E-state index in [1.54, 1.807) is 6.07 Å². The van der Waals surface area contributed by atoms with Gasteiger partial charge >= 0.3 is 6.18 Å². The van der Waals surface area contributed by atoms with Gasteiger partial charge in [-0.15, -0.1) is 0 Å². The van der Waals surface area contributed by atoms with Gasteiger partial charge in [-0.3, -0.25) is 0 Å². The standard InChI is InChI=1S/C20H21F3N2/c1-25(2)13-14-10-15-6-3-4-9-18(15)19(11-14)24-17-8-5-7-16(12-17)20(21,22)23/h3,5-8,10-12,24H,4,9,13H2,1-2H3. The first kappa shape index (κ1) is 17.5. The second-order valence-electron chi connectivity index (χ2n) is 6.59. The summed E-state index contributed by atoms with van der Waals surface area (Å²) in [5.41, 5.74) is 4.12. The summed E-state index contributed by atoms with van der Waals surface area (Å²) in [4.78, 5) is 2.07. The Labute approximate surface area is 146 Å². The Morgan fingerprint density at radius 2 is 1.92 bits per heavy atom. The highest BCUT2D eigenvalue weighted by atomic mass is 19.4. The molecular weight excluding hydrogens is 325 g/mol. The van der Waals surface area contributed by atoms with Gasteiger partial charge in [-0.05, 0) is 67.9 Å². The van der Waals surface area contributed by atoms with Gasteiger partial charge in [0.15, 0.2) is 0 Å². The summed E-state index contributed by atoms with van der Waals surface area (Å²) in [6.45, 7) is 0.776. The largest absolute Gasteiger partial charge is 0.416 e. The molecule has 5 heteroatoms. The highest BCUT2D eigenvalue weighted by Crippen LogP contribution is 2.34. The molecule has 0 saturated heterocycles. The quantitative estimate of drug-likeness (QED) is 0.790. The number of nitrogens with zero attached hydrogens (tertiary/aromatic N) is 1. The van der Waals surface area contributed by atoms with Crippen LogP contribution in [0.25, 0.3) is 6.08 Å². The summed E-state index contributed by atoms with van der Waals surface area (Å²) < 4.78 is 38.8. The van der Waals surface area contributed by atoms with Crippen LogP contribution in [0.15, 0.2) is 42.5 Å². The van der Waals surface area contributed by atoms with Crippen LogP contribution in [0, 0.1) is 0 Å². The van der Waals surface area contributed by atoms with Crippen LogP contribution < -0.4 is 5.32 Å². The minimum Gasteiger partial charge on any atom is -0.355 e. The molecule has 2 aromatic carbocycles. The average Bonchev–Trinajstić information content (AvgIpc) is 2.54. The van der Waals surface area contributed by atoms with E-state index >= 15 is 0 Å². The molecule has 25 heavy (non-hydrogen) atoms. The minimum absolute atomic E-state index is 0.452. The van der Waals surface area contributed by atoms with Crippen LogP contribution in [-0.2, 0) is 19.1 Å². The summed E-state index contributed by atoms with van der Waals surface area (Å²) in [6, 6.07) is 9.54. The van der Waals surface area contributed by atoms with E-state index in [4.69, 9.17) is 0 Å². The number of fused-ring (bicyclic) bond motifs is 1. The molecule has 0 radical (unpaired) electrons. The fourth-order valence-corrected chi connectivity index (χ4v) is 3.12. The third kappa shape index (κ3) is 4.23. The van der Waals surface area contributed by atoms with Crippen LogP contribution in [0.4, 0.5) is 24.5 Å². The van der Waals surface area contributed by atoms with Crippen molar-refractivity contribution in [2.45, 2.75) is 25.6 Å². The number of anilines is 2. The summed E-state index contributed by atoms with van der Waals surface area (Å²) in [7, 11) is 3.99. The maximum absolute atomic E-state index is 12.9. The molecule has 0 saturated carbocycles. The lowest BCUT2D eigenvalue weighted by molar-refractivity contribution is -0.137. The number of allylic oxidation sites excluding steroid dienone is 1. The molecule has 0 aromatic heterocycles. The van der Waals surface area contributed by atoms with E-state index in [1.165, 1.54) is 6.07 Å². The molecule has 0 unspecified atom stereocenters. The maximum Gasteiger partial charge on any atom is 0.416 e. The van der Waals surface area contributed by atoms with E-state index in [-0.39, 0.29) is 0 Å². The molecule has 2 nitrogen and oxygen atoms in total. The highest BCUT2D eigenvalue weighted by Gasteiger charge is 2.30. The average molecular weight is 346 g/mol. The van der Waals surface area contributed by atoms with Crippen molar-refractivity contribution >= 4 is 17.5 Å². The zero-order chi connectivity index (χ0) is 18.0. The molecule has 0 fully saturated rings. The predicted molar refractivity (Wildman–Crippen MR) is 95.9 cm³/mol. The number of rotatable bonds is 4. The molecule has 0 atom stereocenters. The van der Waals surface area contributed by atoms with Gasteiger partial charge in [-0.25, -0.2) is 0 Å². The molecule has 1 N–H and O–H groups in total. The Balaban J connectivity index is 1.98. The fourth-order valence-electron chi connectivity index (χ4n) is 3.12. The van der Waals surface area contributed by atoms with E-state index in [0.29, 0.717) is 5.69 Å². The fraction of sp³-hybridized carbons (Fsp3) is 0.300. The third-order valence-electron chi connectivity index (χ3n) is 4.17. The Kier molecular flexibility index (Phi) is 4.86. The Hall–Kier alpha value is -2.27. The Morgan fingerprint density at radius 1 is 1.12 bits per heavy atom. The maximum atomic E-state index is 12.9. The van der Waals surface area contributed by atoms with E-state index in [2.05, 4.69) is 28.4 Å². The third-order valence-corrected chi connectivity index (χ3v) is 4.17. The molecular formula is C20H21F3N2. The molecule has 0 amide bonds. The van der Waals surface area contributed by atoms with Gasteiger partial charge in [0.2, 0.25) is 0 Å². The zero-order valence-electron chi connectivity index (χ0n) is 14.3. The highest BCUT2D eigenvalue weighted by molar-refractivity contribution is 5.72. The summed E-state index contributed by atoms with van der Waals surface area (Å²) in [5, 5.41) is 3.21. The molecule has 0 aliphatic heterocycles. The van der Waals surface area contributed by atoms with Crippen LogP contribution in [0.5, 0.6) is 0 Å². The van der Waals surface area contributed by atoms with E-state index < -0.39 is 11.7 Å². The van der Waals surface area contributed by atoms with Gasteiger partial charge in [0, 0.05) is 17.9 Å². The van der Waals surface area contributed by atoms with Gasteiger partial charge in [-0.2, -0.15) is 13.2 Å². The molecule has 1 aliphatic carbocycles. The SMILES string of the molecule is CN(C)Cc1cc2c(c(Nc3cccc(C(F)(F)F)c3)c1)CCC=C2. The smallest absolute Gasteiger partial charge is 0.355 e. The van der Waals surface area contributed by atoms with E-state index in [1.807, 2.05) is 20.2 Å². The van der Waals surface area contributed by atoms with Crippen LogP contribution in [0.1, 0.15) is 28.7 Å². The Bertz CT molecular complexity index is 792. The van der Waals surface area contributed by atoms with Gasteiger partial charge in [0.25, 0.3) is 0 Å². The molecule has 1 aliphatic rings. The summed E-state index contributed by atoms with van der Waals surface area (Å²) in [6.07, 6.45) is 1.71. The number of alkyl halides is 3. The number of nitrogens with one attached hydrogen (secondary N) is 1. The summed E-state index contributed by atoms with van der Waals surface area (Å²) in [5.74, 6) is 0. The van der Waals surface area contributed by atoms with Crippen molar-refractivity contribution in [3.8, 4) is 0 Å². The van der Waals surface area contributed by atoms with Gasteiger partial charge in [0.1, 0.15) is 0 Å². The first-order valence-electron chi connectivity index (χ1n) is 8.24. The normalized spacial score (nSPS) is 13.8. The van der Waals surface area contributed by atoms with Gasteiger partial charge in [-0.1, -0.05) is 24.3 Å². The van der Waals surface area contributed by atoms with Crippen molar-refractivity contribution in [2.24, 2.45) is 0 Å². The second kappa shape index (κ2) is 6.92. The van der Waals surface area contributed by atoms with Gasteiger partial charge < -0.3 is 10.2 Å². The molecule has 3 rings (SSSR count). The van der Waals surface area contributed by atoms with Crippen molar-refractivity contribution in [3.63, 3.8) is 0 Å². The lowest BCUT2D eigenvalue weighted by Gasteiger charge is -2.21. The summed E-state index contributed by atoms with van der Waals surface area (Å²) >= 11 is 0. The second-order valence-corrected chi connectivity index (χ2v) is 6.59. The first-order valence-corrected chi connectivity index (χ1v) is 8.24.